The Morgan fingerprint density at radius 1 is 0.743 bits per heavy atom. The van der Waals surface area contributed by atoms with Crippen LogP contribution >= 0.6 is 27.5 Å². The summed E-state index contributed by atoms with van der Waals surface area (Å²) in [6.07, 6.45) is 0. The standard InChI is InChI=1S/C13H15BrN2O.C8H13NO.C7H7Cl/c1-13(2,3)11-8-12(17-16-11)15-10-6-4-9(14)5-7-10;1-6-5-7(9-10-6)8(2,3)4;1-6-2-4-7(8)5-3-6/h4-8,15H,1-3H3;5H,1-4H3;2-5H,1H3. The highest BCUT2D eigenvalue weighted by Crippen LogP contribution is 2.26. The molecule has 2 heterocycles. The van der Waals surface area contributed by atoms with Crippen LogP contribution < -0.4 is 5.32 Å². The van der Waals surface area contributed by atoms with Crippen LogP contribution in [0, 0.1) is 13.8 Å². The molecule has 7 heteroatoms. The van der Waals surface area contributed by atoms with Crippen LogP contribution in [0.25, 0.3) is 0 Å². The number of aromatic nitrogens is 2. The summed E-state index contributed by atoms with van der Waals surface area (Å²) in [5, 5.41) is 11.9. The van der Waals surface area contributed by atoms with Crippen molar-refractivity contribution < 1.29 is 9.05 Å². The van der Waals surface area contributed by atoms with Gasteiger partial charge in [0.2, 0.25) is 5.88 Å². The summed E-state index contributed by atoms with van der Waals surface area (Å²) in [6, 6.07) is 19.6. The van der Waals surface area contributed by atoms with Gasteiger partial charge in [-0.25, -0.2) is 0 Å². The molecular formula is C28H35BrClN3O2. The summed E-state index contributed by atoms with van der Waals surface area (Å²) in [5.74, 6) is 1.54. The lowest BCUT2D eigenvalue weighted by Gasteiger charge is -2.12. The quantitative estimate of drug-likeness (QED) is 0.264. The molecule has 0 unspecified atom stereocenters. The monoisotopic (exact) mass is 559 g/mol. The van der Waals surface area contributed by atoms with Gasteiger partial charge in [-0.15, -0.1) is 0 Å². The van der Waals surface area contributed by atoms with Gasteiger partial charge in [0.25, 0.3) is 0 Å². The lowest BCUT2D eigenvalue weighted by atomic mass is 9.92. The second kappa shape index (κ2) is 12.4. The molecule has 0 saturated heterocycles. The molecule has 2 aromatic carbocycles. The van der Waals surface area contributed by atoms with Crippen LogP contribution in [0.2, 0.25) is 5.02 Å². The molecule has 0 aliphatic rings. The van der Waals surface area contributed by atoms with Gasteiger partial charge in [0.15, 0.2) is 0 Å². The van der Waals surface area contributed by atoms with E-state index in [-0.39, 0.29) is 10.8 Å². The highest BCUT2D eigenvalue weighted by atomic mass is 79.9. The number of benzene rings is 2. The van der Waals surface area contributed by atoms with E-state index in [9.17, 15) is 0 Å². The summed E-state index contributed by atoms with van der Waals surface area (Å²) in [4.78, 5) is 0. The van der Waals surface area contributed by atoms with E-state index in [2.05, 4.69) is 73.1 Å². The van der Waals surface area contributed by atoms with Crippen LogP contribution in [0.3, 0.4) is 0 Å². The fourth-order valence-corrected chi connectivity index (χ4v) is 3.01. The van der Waals surface area contributed by atoms with E-state index in [4.69, 9.17) is 20.6 Å². The third-order valence-corrected chi connectivity index (χ3v) is 5.58. The maximum absolute atomic E-state index is 5.61. The predicted octanol–water partition coefficient (Wildman–Crippen LogP) is 9.41. The summed E-state index contributed by atoms with van der Waals surface area (Å²) >= 11 is 9.01. The predicted molar refractivity (Wildman–Crippen MR) is 149 cm³/mol. The lowest BCUT2D eigenvalue weighted by molar-refractivity contribution is 0.375. The highest BCUT2D eigenvalue weighted by Gasteiger charge is 2.19. The van der Waals surface area contributed by atoms with Crippen molar-refractivity contribution in [3.63, 3.8) is 0 Å². The second-order valence-electron chi connectivity index (χ2n) is 10.3. The van der Waals surface area contributed by atoms with Crippen LogP contribution in [-0.4, -0.2) is 10.3 Å². The molecule has 0 saturated carbocycles. The van der Waals surface area contributed by atoms with E-state index in [0.29, 0.717) is 5.88 Å². The van der Waals surface area contributed by atoms with Crippen LogP contribution in [0.1, 0.15) is 64.3 Å². The fourth-order valence-electron chi connectivity index (χ4n) is 2.62. The maximum Gasteiger partial charge on any atom is 0.229 e. The van der Waals surface area contributed by atoms with Crippen molar-refractivity contribution in [1.82, 2.24) is 10.3 Å². The molecule has 2 aromatic heterocycles. The Morgan fingerprint density at radius 3 is 1.66 bits per heavy atom. The van der Waals surface area contributed by atoms with Gasteiger partial charge in [0.1, 0.15) is 5.76 Å². The van der Waals surface area contributed by atoms with Crippen molar-refractivity contribution in [2.75, 3.05) is 5.32 Å². The number of nitrogens with one attached hydrogen (secondary N) is 1. The molecule has 0 aliphatic heterocycles. The third kappa shape index (κ3) is 10.3. The van der Waals surface area contributed by atoms with E-state index < -0.39 is 0 Å². The Morgan fingerprint density at radius 2 is 1.26 bits per heavy atom. The summed E-state index contributed by atoms with van der Waals surface area (Å²) in [7, 11) is 0. The summed E-state index contributed by atoms with van der Waals surface area (Å²) < 4.78 is 11.2. The highest BCUT2D eigenvalue weighted by molar-refractivity contribution is 9.10. The van der Waals surface area contributed by atoms with Crippen LogP contribution in [0.4, 0.5) is 11.6 Å². The first-order valence-electron chi connectivity index (χ1n) is 11.4. The minimum atomic E-state index is 0.00312. The molecular weight excluding hydrogens is 526 g/mol. The van der Waals surface area contributed by atoms with Crippen LogP contribution in [0.5, 0.6) is 0 Å². The van der Waals surface area contributed by atoms with Gasteiger partial charge < -0.3 is 14.4 Å². The van der Waals surface area contributed by atoms with Crippen molar-refractivity contribution in [2.45, 2.75) is 66.2 Å². The first-order valence-corrected chi connectivity index (χ1v) is 12.6. The molecule has 0 radical (unpaired) electrons. The normalized spacial score (nSPS) is 11.1. The molecule has 0 amide bonds. The zero-order chi connectivity index (χ0) is 26.2. The number of aryl methyl sites for hydroxylation is 2. The molecule has 0 bridgehead atoms. The minimum absolute atomic E-state index is 0.00312. The zero-order valence-corrected chi connectivity index (χ0v) is 24.1. The molecule has 4 rings (SSSR count). The first-order chi connectivity index (χ1) is 16.2. The topological polar surface area (TPSA) is 64.1 Å². The van der Waals surface area contributed by atoms with Crippen molar-refractivity contribution >= 4 is 39.1 Å². The van der Waals surface area contributed by atoms with Crippen molar-refractivity contribution in [3.05, 3.63) is 92.9 Å². The molecule has 1 N–H and O–H groups in total. The molecule has 0 spiro atoms. The van der Waals surface area contributed by atoms with Crippen molar-refractivity contribution in [1.29, 1.82) is 0 Å². The Bertz CT molecular complexity index is 1150. The van der Waals surface area contributed by atoms with E-state index in [1.54, 1.807) is 0 Å². The Hall–Kier alpha value is -2.57. The van der Waals surface area contributed by atoms with Crippen molar-refractivity contribution in [3.8, 4) is 0 Å². The fraction of sp³-hybridized carbons (Fsp3) is 0.357. The zero-order valence-electron chi connectivity index (χ0n) is 21.7. The minimum Gasteiger partial charge on any atom is -0.361 e. The number of rotatable bonds is 2. The second-order valence-corrected chi connectivity index (χ2v) is 11.7. The van der Waals surface area contributed by atoms with Crippen molar-refractivity contribution in [2.24, 2.45) is 0 Å². The van der Waals surface area contributed by atoms with E-state index in [0.717, 1.165) is 32.3 Å². The average Bonchev–Trinajstić information content (AvgIpc) is 3.42. The Kier molecular flexibility index (Phi) is 10.2. The van der Waals surface area contributed by atoms with Gasteiger partial charge in [0, 0.05) is 38.1 Å². The molecule has 35 heavy (non-hydrogen) atoms. The molecule has 0 aliphatic carbocycles. The van der Waals surface area contributed by atoms with Gasteiger partial charge in [-0.3, -0.25) is 0 Å². The molecule has 0 fully saturated rings. The number of nitrogens with zero attached hydrogens (tertiary/aromatic N) is 2. The third-order valence-electron chi connectivity index (χ3n) is 4.80. The van der Waals surface area contributed by atoms with Gasteiger partial charge >= 0.3 is 0 Å². The van der Waals surface area contributed by atoms with E-state index >= 15 is 0 Å². The molecule has 188 valence electrons. The number of halogens is 2. The Balaban J connectivity index is 0.000000204. The van der Waals surface area contributed by atoms with Gasteiger partial charge in [-0.05, 0) is 50.2 Å². The molecule has 4 aromatic rings. The molecule has 0 atom stereocenters. The molecule has 5 nitrogen and oxygen atoms in total. The smallest absolute Gasteiger partial charge is 0.229 e. The average molecular weight is 561 g/mol. The maximum atomic E-state index is 5.61. The largest absolute Gasteiger partial charge is 0.361 e. The van der Waals surface area contributed by atoms with Gasteiger partial charge in [-0.2, -0.15) is 0 Å². The first kappa shape index (κ1) is 28.7. The number of anilines is 2. The van der Waals surface area contributed by atoms with E-state index in [1.165, 1.54) is 5.56 Å². The lowest BCUT2D eigenvalue weighted by Crippen LogP contribution is -2.10. The number of hydrogen-bond donors (Lipinski definition) is 1. The van der Waals surface area contributed by atoms with Crippen LogP contribution in [0.15, 0.2) is 74.2 Å². The Labute approximate surface area is 222 Å². The van der Waals surface area contributed by atoms with Crippen LogP contribution in [-0.2, 0) is 10.8 Å². The SMILES string of the molecule is CC(C)(C)c1cc(Nc2ccc(Br)cc2)on1.Cc1cc(C(C)(C)C)no1.Cc1ccc(Cl)cc1. The number of hydrogen-bond acceptors (Lipinski definition) is 5. The van der Waals surface area contributed by atoms with E-state index in [1.807, 2.05) is 74.5 Å². The summed E-state index contributed by atoms with van der Waals surface area (Å²) in [6.45, 7) is 16.6. The van der Waals surface area contributed by atoms with Gasteiger partial charge in [-0.1, -0.05) is 97.1 Å². The summed E-state index contributed by atoms with van der Waals surface area (Å²) in [5.41, 5.74) is 4.29. The van der Waals surface area contributed by atoms with Gasteiger partial charge in [0.05, 0.1) is 11.4 Å².